The van der Waals surface area contributed by atoms with E-state index in [9.17, 15) is 14.7 Å². The summed E-state index contributed by atoms with van der Waals surface area (Å²) >= 11 is 0. The molecule has 0 aliphatic carbocycles. The van der Waals surface area contributed by atoms with Gasteiger partial charge in [-0.2, -0.15) is 0 Å². The first-order valence-electron chi connectivity index (χ1n) is 33.1. The lowest BCUT2D eigenvalue weighted by Gasteiger charge is -2.15. The Morgan fingerprint density at radius 2 is 0.551 bits per heavy atom. The zero-order valence-electron chi connectivity index (χ0n) is 51.1. The maximum Gasteiger partial charge on any atom is 0.306 e. The summed E-state index contributed by atoms with van der Waals surface area (Å²) in [5, 5.41) is 9.69. The molecule has 0 aromatic rings. The molecule has 446 valence electrons. The first-order valence-corrected chi connectivity index (χ1v) is 33.1. The van der Waals surface area contributed by atoms with Gasteiger partial charge in [-0.15, -0.1) is 0 Å². The zero-order valence-corrected chi connectivity index (χ0v) is 51.1. The Balaban J connectivity index is 3.52. The van der Waals surface area contributed by atoms with Gasteiger partial charge in [0.25, 0.3) is 0 Å². The van der Waals surface area contributed by atoms with Gasteiger partial charge >= 0.3 is 11.9 Å². The Kier molecular flexibility index (Phi) is 64.4. The highest BCUT2D eigenvalue weighted by Crippen LogP contribution is 2.16. The summed E-state index contributed by atoms with van der Waals surface area (Å²) in [6.45, 7) is 4.05. The van der Waals surface area contributed by atoms with E-state index in [0.29, 0.717) is 12.8 Å². The van der Waals surface area contributed by atoms with Crippen LogP contribution in [0, 0.1) is 0 Å². The molecule has 0 fully saturated rings. The molecule has 1 unspecified atom stereocenters. The van der Waals surface area contributed by atoms with E-state index in [1.165, 1.54) is 186 Å². The summed E-state index contributed by atoms with van der Waals surface area (Å²) in [7, 11) is 0. The van der Waals surface area contributed by atoms with Crippen LogP contribution in [0.5, 0.6) is 0 Å². The third-order valence-electron chi connectivity index (χ3n) is 14.2. The summed E-state index contributed by atoms with van der Waals surface area (Å²) in [4.78, 5) is 24.6. The van der Waals surface area contributed by atoms with Crippen LogP contribution < -0.4 is 0 Å². The van der Waals surface area contributed by atoms with E-state index in [1.807, 2.05) is 0 Å². The maximum atomic E-state index is 12.3. The quantitative estimate of drug-likeness (QED) is 0.0373. The highest BCUT2D eigenvalue weighted by molar-refractivity contribution is 5.70. The molecule has 0 radical (unpaired) electrons. The number of ether oxygens (including phenoxy) is 2. The average Bonchev–Trinajstić information content (AvgIpc) is 3.44. The third-order valence-corrected chi connectivity index (χ3v) is 14.2. The minimum absolute atomic E-state index is 0.0689. The van der Waals surface area contributed by atoms with Crippen LogP contribution >= 0.6 is 0 Å². The summed E-state index contributed by atoms with van der Waals surface area (Å²) in [5.41, 5.74) is 0. The highest BCUT2D eigenvalue weighted by atomic mass is 16.6. The molecule has 0 bridgehead atoms. The van der Waals surface area contributed by atoms with Crippen molar-refractivity contribution in [3.05, 3.63) is 122 Å². The number of hydrogen-bond donors (Lipinski definition) is 1. The van der Waals surface area contributed by atoms with Crippen LogP contribution in [0.2, 0.25) is 0 Å². The fourth-order valence-electron chi connectivity index (χ4n) is 9.31. The van der Waals surface area contributed by atoms with Gasteiger partial charge in [-0.05, 0) is 109 Å². The van der Waals surface area contributed by atoms with Crippen LogP contribution in [0.4, 0.5) is 0 Å². The molecular formula is C73H124O5. The van der Waals surface area contributed by atoms with Crippen molar-refractivity contribution in [1.82, 2.24) is 0 Å². The van der Waals surface area contributed by atoms with E-state index in [-0.39, 0.29) is 25.2 Å². The van der Waals surface area contributed by atoms with E-state index < -0.39 is 6.10 Å². The van der Waals surface area contributed by atoms with Gasteiger partial charge in [0.2, 0.25) is 0 Å². The van der Waals surface area contributed by atoms with Crippen LogP contribution in [0.15, 0.2) is 122 Å². The van der Waals surface area contributed by atoms with Gasteiger partial charge in [0.1, 0.15) is 6.61 Å². The summed E-state index contributed by atoms with van der Waals surface area (Å²) in [5.74, 6) is -0.587. The van der Waals surface area contributed by atoms with E-state index in [2.05, 4.69) is 135 Å². The highest BCUT2D eigenvalue weighted by Gasteiger charge is 2.16. The molecule has 0 aliphatic rings. The van der Waals surface area contributed by atoms with Crippen molar-refractivity contribution in [2.45, 2.75) is 315 Å². The standard InChI is InChI=1S/C73H124O5/c1-3-5-7-9-11-13-15-17-19-21-23-25-27-28-29-30-31-32-33-34-35-36-37-38-39-40-41-42-43-44-46-48-50-52-54-56-58-60-62-64-66-68-73(76)78-71(69-74)70-77-72(75)67-65-63-61-59-57-55-53-51-49-47-45-26-24-22-20-18-16-14-12-10-8-6-4-2/h5,7,11,13,17,19,22-25,28-29,31-32,34-35,37-38,40-41,71,74H,3-4,6,8-10,12,14-16,18,20-21,26-27,30,33,36,39,42-70H2,1-2H3/b7-5-,13-11-,19-17-,24-22-,25-23-,29-28-,32-31-,35-34-,38-37-,41-40-. The second-order valence-electron chi connectivity index (χ2n) is 21.8. The lowest BCUT2D eigenvalue weighted by atomic mass is 10.0. The predicted octanol–water partition coefficient (Wildman–Crippen LogP) is 23.0. The first kappa shape index (κ1) is 74.3. The molecule has 0 aliphatic heterocycles. The number of hydrogen-bond acceptors (Lipinski definition) is 5. The lowest BCUT2D eigenvalue weighted by Crippen LogP contribution is -2.28. The maximum absolute atomic E-state index is 12.3. The topological polar surface area (TPSA) is 72.8 Å². The molecule has 78 heavy (non-hydrogen) atoms. The van der Waals surface area contributed by atoms with Crippen molar-refractivity contribution in [2.24, 2.45) is 0 Å². The number of aliphatic hydroxyl groups excluding tert-OH is 1. The predicted molar refractivity (Wildman–Crippen MR) is 343 cm³/mol. The molecule has 1 atom stereocenters. The summed E-state index contributed by atoms with van der Waals surface area (Å²) in [6, 6.07) is 0. The molecule has 0 rings (SSSR count). The minimum Gasteiger partial charge on any atom is -0.462 e. The largest absolute Gasteiger partial charge is 0.462 e. The molecule has 5 nitrogen and oxygen atoms in total. The average molecular weight is 1080 g/mol. The van der Waals surface area contributed by atoms with Crippen molar-refractivity contribution in [3.8, 4) is 0 Å². The van der Waals surface area contributed by atoms with Crippen molar-refractivity contribution < 1.29 is 24.2 Å². The lowest BCUT2D eigenvalue weighted by molar-refractivity contribution is -0.161. The molecule has 1 N–H and O–H groups in total. The Morgan fingerprint density at radius 1 is 0.308 bits per heavy atom. The molecule has 0 aromatic heterocycles. The van der Waals surface area contributed by atoms with Crippen molar-refractivity contribution in [1.29, 1.82) is 0 Å². The Labute approximate surface area is 483 Å². The third kappa shape index (κ3) is 64.8. The fraction of sp³-hybridized carbons (Fsp3) is 0.699. The summed E-state index contributed by atoms with van der Waals surface area (Å²) in [6.07, 6.45) is 99.2. The Bertz CT molecular complexity index is 1550. The van der Waals surface area contributed by atoms with Crippen LogP contribution in [0.3, 0.4) is 0 Å². The zero-order chi connectivity index (χ0) is 56.2. The number of carbonyl (C=O) groups is 2. The van der Waals surface area contributed by atoms with Crippen molar-refractivity contribution >= 4 is 11.9 Å². The summed E-state index contributed by atoms with van der Waals surface area (Å²) < 4.78 is 10.7. The smallest absolute Gasteiger partial charge is 0.306 e. The number of aliphatic hydroxyl groups is 1. The number of carbonyl (C=O) groups excluding carboxylic acids is 2. The molecule has 0 spiro atoms. The molecule has 0 amide bonds. The van der Waals surface area contributed by atoms with Crippen molar-refractivity contribution in [3.63, 3.8) is 0 Å². The van der Waals surface area contributed by atoms with Gasteiger partial charge in [0, 0.05) is 12.8 Å². The molecule has 0 heterocycles. The van der Waals surface area contributed by atoms with Crippen LogP contribution in [0.25, 0.3) is 0 Å². The molecule has 0 aromatic carbocycles. The van der Waals surface area contributed by atoms with Gasteiger partial charge in [-0.25, -0.2) is 0 Å². The van der Waals surface area contributed by atoms with Gasteiger partial charge in [-0.1, -0.05) is 309 Å². The van der Waals surface area contributed by atoms with Gasteiger partial charge in [0.15, 0.2) is 6.10 Å². The van der Waals surface area contributed by atoms with Gasteiger partial charge in [-0.3, -0.25) is 9.59 Å². The molecule has 5 heteroatoms. The SMILES string of the molecule is CC/C=C\C/C=C\C/C=C\C/C=C\C/C=C\C/C=C\C/C=C\C/C=C\C/C=C\CCCCCCCCCCCCCCCC(=O)OC(CO)COC(=O)CCCCCCCCCCCCC/C=C\CCCCCCCCCC. The molecular weight excluding hydrogens is 957 g/mol. The van der Waals surface area contributed by atoms with Crippen LogP contribution in [-0.2, 0) is 19.1 Å². The molecule has 0 saturated heterocycles. The van der Waals surface area contributed by atoms with Gasteiger partial charge in [0.05, 0.1) is 6.61 Å². The monoisotopic (exact) mass is 1080 g/mol. The van der Waals surface area contributed by atoms with Crippen LogP contribution in [-0.4, -0.2) is 36.4 Å². The molecule has 0 saturated carbocycles. The van der Waals surface area contributed by atoms with E-state index >= 15 is 0 Å². The fourth-order valence-corrected chi connectivity index (χ4v) is 9.31. The van der Waals surface area contributed by atoms with E-state index in [4.69, 9.17) is 9.47 Å². The number of rotatable bonds is 60. The van der Waals surface area contributed by atoms with Crippen LogP contribution in [0.1, 0.15) is 309 Å². The minimum atomic E-state index is -0.779. The van der Waals surface area contributed by atoms with E-state index in [1.54, 1.807) is 0 Å². The number of allylic oxidation sites excluding steroid dienone is 20. The first-order chi connectivity index (χ1) is 38.6. The van der Waals surface area contributed by atoms with Crippen molar-refractivity contribution in [2.75, 3.05) is 13.2 Å². The normalized spacial score (nSPS) is 13.0. The Hall–Kier alpha value is -3.70. The number of esters is 2. The Morgan fingerprint density at radius 3 is 0.846 bits per heavy atom. The van der Waals surface area contributed by atoms with Gasteiger partial charge < -0.3 is 14.6 Å². The second kappa shape index (κ2) is 67.6. The van der Waals surface area contributed by atoms with E-state index in [0.717, 1.165) is 96.3 Å². The second-order valence-corrected chi connectivity index (χ2v) is 21.8. The number of unbranched alkanes of at least 4 members (excludes halogenated alkanes) is 32.